The number of carbonyl (C=O) groups excluding carboxylic acids is 1. The van der Waals surface area contributed by atoms with Crippen molar-refractivity contribution in [3.63, 3.8) is 0 Å². The molecule has 3 N–H and O–H groups in total. The average Bonchev–Trinajstić information content (AvgIpc) is 2.92. The molecule has 1 aromatic rings. The van der Waals surface area contributed by atoms with Crippen LogP contribution in [-0.2, 0) is 11.2 Å². The smallest absolute Gasteiger partial charge is 0.222 e. The lowest BCUT2D eigenvalue weighted by Crippen LogP contribution is -2.41. The zero-order valence-electron chi connectivity index (χ0n) is 15.9. The number of nitrogens with one attached hydrogen (secondary N) is 1. The molecule has 0 saturated carbocycles. The molecule has 0 spiro atoms. The minimum atomic E-state index is -0.229. The van der Waals surface area contributed by atoms with E-state index in [0.29, 0.717) is 44.3 Å². The summed E-state index contributed by atoms with van der Waals surface area (Å²) in [6.45, 7) is 1.07. The summed E-state index contributed by atoms with van der Waals surface area (Å²) in [6, 6.07) is 6.58. The summed E-state index contributed by atoms with van der Waals surface area (Å²) in [4.78, 5) is 14.5. The van der Waals surface area contributed by atoms with Gasteiger partial charge in [0.2, 0.25) is 5.91 Å². The molecule has 1 saturated heterocycles. The Morgan fingerprint density at radius 2 is 2.00 bits per heavy atom. The quantitative estimate of drug-likeness (QED) is 0.754. The number of aryl methyl sites for hydroxylation is 1. The maximum atomic E-state index is 13.7. The van der Waals surface area contributed by atoms with Crippen molar-refractivity contribution in [3.8, 4) is 0 Å². The summed E-state index contributed by atoms with van der Waals surface area (Å²) in [6.07, 6.45) is 9.18. The molecule has 2 atom stereocenters. The van der Waals surface area contributed by atoms with Crippen LogP contribution < -0.4 is 11.1 Å². The van der Waals surface area contributed by atoms with Gasteiger partial charge < -0.3 is 16.0 Å². The van der Waals surface area contributed by atoms with Crippen molar-refractivity contribution in [2.75, 3.05) is 13.1 Å². The van der Waals surface area contributed by atoms with Gasteiger partial charge in [0.05, 0.1) is 6.04 Å². The standard InChI is InChI=1S/C22H27F2N3O/c23-17-8-2-3-9-19(12-17)26-14-20-13-18(25)15-27(20)22(28)11-5-7-16-6-1-4-10-21(16)24/h1-4,6,8-10,18,20,26H,5,7,11-15,25H2/t18?,20-/m0/s1. The van der Waals surface area contributed by atoms with Crippen LogP contribution in [0.3, 0.4) is 0 Å². The number of amides is 1. The number of nitrogens with zero attached hydrogens (tertiary/aromatic N) is 1. The highest BCUT2D eigenvalue weighted by atomic mass is 19.1. The molecule has 3 rings (SSSR count). The highest BCUT2D eigenvalue weighted by molar-refractivity contribution is 5.77. The number of carbonyl (C=O) groups is 1. The molecule has 0 aromatic heterocycles. The molecule has 150 valence electrons. The first kappa shape index (κ1) is 20.3. The van der Waals surface area contributed by atoms with Crippen LogP contribution in [0.1, 0.15) is 31.2 Å². The molecular formula is C22H27F2N3O. The summed E-state index contributed by atoms with van der Waals surface area (Å²) in [7, 11) is 0. The van der Waals surface area contributed by atoms with Gasteiger partial charge >= 0.3 is 0 Å². The molecule has 6 heteroatoms. The van der Waals surface area contributed by atoms with Crippen molar-refractivity contribution < 1.29 is 13.6 Å². The highest BCUT2D eigenvalue weighted by Crippen LogP contribution is 2.20. The third kappa shape index (κ3) is 5.52. The van der Waals surface area contributed by atoms with E-state index in [4.69, 9.17) is 5.73 Å². The second-order valence-electron chi connectivity index (χ2n) is 7.39. The van der Waals surface area contributed by atoms with Crippen LogP contribution in [0.15, 0.2) is 60.1 Å². The van der Waals surface area contributed by atoms with E-state index >= 15 is 0 Å². The van der Waals surface area contributed by atoms with Crippen LogP contribution in [0.4, 0.5) is 8.78 Å². The van der Waals surface area contributed by atoms with E-state index in [9.17, 15) is 13.6 Å². The van der Waals surface area contributed by atoms with Gasteiger partial charge in [0.25, 0.3) is 0 Å². The molecule has 28 heavy (non-hydrogen) atoms. The van der Waals surface area contributed by atoms with Gasteiger partial charge in [0, 0.05) is 37.7 Å². The lowest BCUT2D eigenvalue weighted by Gasteiger charge is -2.26. The molecule has 4 nitrogen and oxygen atoms in total. The van der Waals surface area contributed by atoms with Crippen molar-refractivity contribution >= 4 is 5.91 Å². The summed E-state index contributed by atoms with van der Waals surface area (Å²) in [5, 5.41) is 3.26. The van der Waals surface area contributed by atoms with Crippen molar-refractivity contribution in [1.29, 1.82) is 0 Å². The van der Waals surface area contributed by atoms with Gasteiger partial charge in [-0.15, -0.1) is 0 Å². The fourth-order valence-electron chi connectivity index (χ4n) is 3.73. The van der Waals surface area contributed by atoms with E-state index in [-0.39, 0.29) is 36.1 Å². The molecule has 1 unspecified atom stereocenters. The second-order valence-corrected chi connectivity index (χ2v) is 7.39. The minimum Gasteiger partial charge on any atom is -0.386 e. The molecule has 2 aliphatic rings. The first-order valence-electron chi connectivity index (χ1n) is 9.77. The van der Waals surface area contributed by atoms with Crippen LogP contribution in [0.25, 0.3) is 0 Å². The Morgan fingerprint density at radius 3 is 2.82 bits per heavy atom. The Hall–Kier alpha value is -2.47. The Kier molecular flexibility index (Phi) is 6.98. The maximum Gasteiger partial charge on any atom is 0.222 e. The Bertz CT molecular complexity index is 788. The van der Waals surface area contributed by atoms with Crippen LogP contribution in [-0.4, -0.2) is 36.0 Å². The molecule has 0 bridgehead atoms. The fourth-order valence-corrected chi connectivity index (χ4v) is 3.73. The Balaban J connectivity index is 1.50. The lowest BCUT2D eigenvalue weighted by molar-refractivity contribution is -0.132. The predicted molar refractivity (Wildman–Crippen MR) is 106 cm³/mol. The number of nitrogens with two attached hydrogens (primary N) is 1. The average molecular weight is 387 g/mol. The zero-order chi connectivity index (χ0) is 19.9. The van der Waals surface area contributed by atoms with Crippen LogP contribution in [0.5, 0.6) is 0 Å². The predicted octanol–water partition coefficient (Wildman–Crippen LogP) is 3.36. The molecule has 1 heterocycles. The van der Waals surface area contributed by atoms with Gasteiger partial charge in [-0.05, 0) is 43.0 Å². The lowest BCUT2D eigenvalue weighted by atomic mass is 10.1. The highest BCUT2D eigenvalue weighted by Gasteiger charge is 2.33. The molecule has 0 radical (unpaired) electrons. The van der Waals surface area contributed by atoms with Crippen molar-refractivity contribution in [2.45, 2.75) is 44.2 Å². The number of hydrogen-bond acceptors (Lipinski definition) is 3. The number of allylic oxidation sites excluding steroid dienone is 5. The van der Waals surface area contributed by atoms with Crippen molar-refractivity contribution in [1.82, 2.24) is 10.2 Å². The fraction of sp³-hybridized carbons (Fsp3) is 0.409. The number of hydrogen-bond donors (Lipinski definition) is 2. The number of likely N-dealkylation sites (tertiary alicyclic amines) is 1. The molecule has 1 aromatic carbocycles. The second kappa shape index (κ2) is 9.64. The minimum absolute atomic E-state index is 0.0175. The van der Waals surface area contributed by atoms with Crippen molar-refractivity contribution in [3.05, 3.63) is 71.5 Å². The van der Waals surface area contributed by atoms with Gasteiger partial charge in [-0.2, -0.15) is 0 Å². The monoisotopic (exact) mass is 387 g/mol. The first-order chi connectivity index (χ1) is 13.5. The van der Waals surface area contributed by atoms with Gasteiger partial charge in [-0.1, -0.05) is 30.4 Å². The van der Waals surface area contributed by atoms with E-state index in [1.807, 2.05) is 11.0 Å². The molecular weight excluding hydrogens is 360 g/mol. The Morgan fingerprint density at radius 1 is 1.21 bits per heavy atom. The third-order valence-electron chi connectivity index (χ3n) is 5.17. The summed E-state index contributed by atoms with van der Waals surface area (Å²) < 4.78 is 27.3. The summed E-state index contributed by atoms with van der Waals surface area (Å²) in [5.41, 5.74) is 7.50. The van der Waals surface area contributed by atoms with Crippen LogP contribution in [0.2, 0.25) is 0 Å². The van der Waals surface area contributed by atoms with Gasteiger partial charge in [-0.3, -0.25) is 4.79 Å². The maximum absolute atomic E-state index is 13.7. The molecule has 1 amide bonds. The van der Waals surface area contributed by atoms with Gasteiger partial charge in [0.15, 0.2) is 0 Å². The summed E-state index contributed by atoms with van der Waals surface area (Å²) in [5.74, 6) is -0.388. The van der Waals surface area contributed by atoms with E-state index in [2.05, 4.69) is 5.32 Å². The van der Waals surface area contributed by atoms with Gasteiger partial charge in [-0.25, -0.2) is 8.78 Å². The van der Waals surface area contributed by atoms with E-state index in [1.54, 1.807) is 30.4 Å². The third-order valence-corrected chi connectivity index (χ3v) is 5.17. The largest absolute Gasteiger partial charge is 0.386 e. The normalized spacial score (nSPS) is 21.9. The molecule has 1 aliphatic heterocycles. The van der Waals surface area contributed by atoms with Gasteiger partial charge in [0.1, 0.15) is 11.6 Å². The topological polar surface area (TPSA) is 58.4 Å². The SMILES string of the molecule is NC1C[C@@H](CNC2=CC=CC=C(F)C2)N(C(=O)CCCc2ccccc2F)C1. The number of benzene rings is 1. The number of rotatable bonds is 7. The summed E-state index contributed by atoms with van der Waals surface area (Å²) >= 11 is 0. The zero-order valence-corrected chi connectivity index (χ0v) is 15.9. The Labute approximate surface area is 164 Å². The van der Waals surface area contributed by atoms with Crippen LogP contribution in [0, 0.1) is 5.82 Å². The van der Waals surface area contributed by atoms with E-state index in [1.165, 1.54) is 12.1 Å². The first-order valence-corrected chi connectivity index (χ1v) is 9.77. The van der Waals surface area contributed by atoms with E-state index in [0.717, 1.165) is 5.70 Å². The molecule has 1 aliphatic carbocycles. The van der Waals surface area contributed by atoms with Crippen LogP contribution >= 0.6 is 0 Å². The molecule has 1 fully saturated rings. The van der Waals surface area contributed by atoms with E-state index < -0.39 is 0 Å². The number of halogens is 2. The van der Waals surface area contributed by atoms with Crippen molar-refractivity contribution in [2.24, 2.45) is 5.73 Å².